The Balaban J connectivity index is 2.15. The zero-order valence-electron chi connectivity index (χ0n) is 17.1. The predicted molar refractivity (Wildman–Crippen MR) is 111 cm³/mol. The number of carbonyl (C=O) groups excluding carboxylic acids is 1. The van der Waals surface area contributed by atoms with E-state index >= 15 is 0 Å². The molecule has 0 aliphatic heterocycles. The number of ether oxygens (including phenoxy) is 2. The third kappa shape index (κ3) is 6.20. The van der Waals surface area contributed by atoms with E-state index in [-0.39, 0.29) is 17.4 Å². The van der Waals surface area contributed by atoms with Crippen LogP contribution < -0.4 is 14.4 Å². The summed E-state index contributed by atoms with van der Waals surface area (Å²) in [5, 5.41) is 0. The summed E-state index contributed by atoms with van der Waals surface area (Å²) in [6.07, 6.45) is 2.81. The van der Waals surface area contributed by atoms with E-state index < -0.39 is 6.61 Å². The molecule has 2 rings (SSSR count). The van der Waals surface area contributed by atoms with Gasteiger partial charge in [-0.1, -0.05) is 24.3 Å². The van der Waals surface area contributed by atoms with Crippen LogP contribution >= 0.6 is 0 Å². The standard InChI is InChI=1S/C22H26F2N2O3/c1-5-26(15-16-9-12-18(13-10-16)25(2)3)20(27)14-11-17-7-6-8-19(28-4)21(17)29-22(23)24/h6-14,22H,5,15H2,1-4H3/b14-11+. The molecule has 0 aromatic heterocycles. The summed E-state index contributed by atoms with van der Waals surface area (Å²) in [7, 11) is 5.30. The van der Waals surface area contributed by atoms with E-state index in [1.54, 1.807) is 17.0 Å². The number of halogens is 2. The van der Waals surface area contributed by atoms with Gasteiger partial charge >= 0.3 is 6.61 Å². The Kier molecular flexibility index (Phi) is 8.00. The summed E-state index contributed by atoms with van der Waals surface area (Å²) in [6.45, 7) is -0.147. The van der Waals surface area contributed by atoms with Crippen LogP contribution in [0.25, 0.3) is 6.08 Å². The molecule has 0 radical (unpaired) electrons. The molecular weight excluding hydrogens is 378 g/mol. The molecule has 0 saturated heterocycles. The van der Waals surface area contributed by atoms with Gasteiger partial charge in [-0.25, -0.2) is 0 Å². The van der Waals surface area contributed by atoms with Crippen molar-refractivity contribution in [1.82, 2.24) is 4.90 Å². The highest BCUT2D eigenvalue weighted by Gasteiger charge is 2.15. The summed E-state index contributed by atoms with van der Waals surface area (Å²) in [5.74, 6) is -0.153. The number of para-hydroxylation sites is 1. The molecule has 0 heterocycles. The molecule has 7 heteroatoms. The quantitative estimate of drug-likeness (QED) is 0.580. The zero-order valence-corrected chi connectivity index (χ0v) is 17.1. The molecule has 2 aromatic rings. The number of alkyl halides is 2. The average molecular weight is 404 g/mol. The lowest BCUT2D eigenvalue weighted by molar-refractivity contribution is -0.126. The van der Waals surface area contributed by atoms with Crippen molar-refractivity contribution >= 4 is 17.7 Å². The topological polar surface area (TPSA) is 42.0 Å². The van der Waals surface area contributed by atoms with Crippen LogP contribution in [-0.2, 0) is 11.3 Å². The van der Waals surface area contributed by atoms with E-state index in [4.69, 9.17) is 4.74 Å². The largest absolute Gasteiger partial charge is 0.493 e. The molecule has 5 nitrogen and oxygen atoms in total. The number of nitrogens with zero attached hydrogens (tertiary/aromatic N) is 2. The number of benzene rings is 2. The molecule has 0 bridgehead atoms. The van der Waals surface area contributed by atoms with Gasteiger partial charge in [0.2, 0.25) is 5.91 Å². The number of carbonyl (C=O) groups is 1. The van der Waals surface area contributed by atoms with Crippen LogP contribution in [0.2, 0.25) is 0 Å². The highest BCUT2D eigenvalue weighted by Crippen LogP contribution is 2.33. The van der Waals surface area contributed by atoms with Crippen molar-refractivity contribution in [2.75, 3.05) is 32.6 Å². The third-order valence-electron chi connectivity index (χ3n) is 4.36. The minimum absolute atomic E-state index is 0.101. The van der Waals surface area contributed by atoms with Crippen molar-refractivity contribution < 1.29 is 23.0 Å². The molecule has 0 unspecified atom stereocenters. The molecular formula is C22H26F2N2O3. The fraction of sp³-hybridized carbons (Fsp3) is 0.318. The molecule has 0 aliphatic rings. The van der Waals surface area contributed by atoms with E-state index in [0.717, 1.165) is 11.3 Å². The van der Waals surface area contributed by atoms with Crippen molar-refractivity contribution in [3.05, 3.63) is 59.7 Å². The Morgan fingerprint density at radius 2 is 1.83 bits per heavy atom. The van der Waals surface area contributed by atoms with Gasteiger partial charge in [-0.3, -0.25) is 4.79 Å². The van der Waals surface area contributed by atoms with Crippen LogP contribution in [0.4, 0.5) is 14.5 Å². The lowest BCUT2D eigenvalue weighted by atomic mass is 10.1. The zero-order chi connectivity index (χ0) is 21.4. The monoisotopic (exact) mass is 404 g/mol. The van der Waals surface area contributed by atoms with Crippen LogP contribution in [0.5, 0.6) is 11.5 Å². The summed E-state index contributed by atoms with van der Waals surface area (Å²) >= 11 is 0. The number of rotatable bonds is 9. The second-order valence-corrected chi connectivity index (χ2v) is 6.50. The van der Waals surface area contributed by atoms with Crippen LogP contribution in [0.1, 0.15) is 18.1 Å². The van der Waals surface area contributed by atoms with Crippen molar-refractivity contribution in [2.24, 2.45) is 0 Å². The Hall–Kier alpha value is -3.09. The molecule has 2 aromatic carbocycles. The SMILES string of the molecule is CCN(Cc1ccc(N(C)C)cc1)C(=O)/C=C/c1cccc(OC)c1OC(F)F. The number of methoxy groups -OCH3 is 1. The number of anilines is 1. The number of hydrogen-bond donors (Lipinski definition) is 0. The molecule has 0 spiro atoms. The van der Waals surface area contributed by atoms with E-state index in [1.165, 1.54) is 25.3 Å². The normalized spacial score (nSPS) is 11.0. The van der Waals surface area contributed by atoms with Crippen LogP contribution in [-0.4, -0.2) is 45.2 Å². The van der Waals surface area contributed by atoms with Crippen molar-refractivity contribution in [3.8, 4) is 11.5 Å². The fourth-order valence-corrected chi connectivity index (χ4v) is 2.77. The Morgan fingerprint density at radius 3 is 2.38 bits per heavy atom. The minimum atomic E-state index is -2.99. The van der Waals surface area contributed by atoms with Gasteiger partial charge in [0.1, 0.15) is 0 Å². The first-order valence-corrected chi connectivity index (χ1v) is 9.20. The van der Waals surface area contributed by atoms with Gasteiger partial charge in [0, 0.05) is 44.5 Å². The molecule has 0 atom stereocenters. The van der Waals surface area contributed by atoms with Gasteiger partial charge in [0.15, 0.2) is 11.5 Å². The maximum absolute atomic E-state index is 12.7. The molecule has 29 heavy (non-hydrogen) atoms. The Labute approximate surface area is 170 Å². The first-order valence-electron chi connectivity index (χ1n) is 9.20. The van der Waals surface area contributed by atoms with Crippen molar-refractivity contribution in [2.45, 2.75) is 20.1 Å². The first kappa shape index (κ1) is 22.2. The molecule has 1 amide bonds. The molecule has 0 N–H and O–H groups in total. The minimum Gasteiger partial charge on any atom is -0.493 e. The summed E-state index contributed by atoms with van der Waals surface area (Å²) < 4.78 is 35.1. The van der Waals surface area contributed by atoms with Gasteiger partial charge in [-0.15, -0.1) is 0 Å². The lowest BCUT2D eigenvalue weighted by Gasteiger charge is -2.20. The summed E-state index contributed by atoms with van der Waals surface area (Å²) in [4.78, 5) is 16.3. The highest BCUT2D eigenvalue weighted by molar-refractivity contribution is 5.92. The number of likely N-dealkylation sites (N-methyl/N-ethyl adjacent to an activating group) is 1. The lowest BCUT2D eigenvalue weighted by Crippen LogP contribution is -2.28. The van der Waals surface area contributed by atoms with Gasteiger partial charge < -0.3 is 19.3 Å². The van der Waals surface area contributed by atoms with Crippen molar-refractivity contribution in [3.63, 3.8) is 0 Å². The van der Waals surface area contributed by atoms with E-state index in [9.17, 15) is 13.6 Å². The van der Waals surface area contributed by atoms with E-state index in [2.05, 4.69) is 4.74 Å². The molecule has 0 aliphatic carbocycles. The number of amides is 1. The maximum atomic E-state index is 12.7. The second kappa shape index (κ2) is 10.5. The van der Waals surface area contributed by atoms with Crippen LogP contribution in [0, 0.1) is 0 Å². The van der Waals surface area contributed by atoms with Gasteiger partial charge in [-0.05, 0) is 36.8 Å². The Bertz CT molecular complexity index is 836. The second-order valence-electron chi connectivity index (χ2n) is 6.50. The van der Waals surface area contributed by atoms with Crippen LogP contribution in [0.15, 0.2) is 48.5 Å². The molecule has 156 valence electrons. The smallest absolute Gasteiger partial charge is 0.387 e. The number of hydrogen-bond acceptors (Lipinski definition) is 4. The maximum Gasteiger partial charge on any atom is 0.387 e. The van der Waals surface area contributed by atoms with Crippen molar-refractivity contribution in [1.29, 1.82) is 0 Å². The van der Waals surface area contributed by atoms with Gasteiger partial charge in [0.25, 0.3) is 0 Å². The fourth-order valence-electron chi connectivity index (χ4n) is 2.77. The van der Waals surface area contributed by atoms with Gasteiger partial charge in [-0.2, -0.15) is 8.78 Å². The van der Waals surface area contributed by atoms with E-state index in [0.29, 0.717) is 18.7 Å². The third-order valence-corrected chi connectivity index (χ3v) is 4.36. The highest BCUT2D eigenvalue weighted by atomic mass is 19.3. The molecule has 0 fully saturated rings. The summed E-state index contributed by atoms with van der Waals surface area (Å²) in [6, 6.07) is 12.7. The Morgan fingerprint density at radius 1 is 1.14 bits per heavy atom. The van der Waals surface area contributed by atoms with Crippen LogP contribution in [0.3, 0.4) is 0 Å². The molecule has 0 saturated carbocycles. The van der Waals surface area contributed by atoms with E-state index in [1.807, 2.05) is 50.2 Å². The summed E-state index contributed by atoms with van der Waals surface area (Å²) in [5.41, 5.74) is 2.42. The van der Waals surface area contributed by atoms with Gasteiger partial charge in [0.05, 0.1) is 7.11 Å². The first-order chi connectivity index (χ1) is 13.8. The average Bonchev–Trinajstić information content (AvgIpc) is 2.70. The predicted octanol–water partition coefficient (Wildman–Crippen LogP) is 4.42.